The lowest BCUT2D eigenvalue weighted by Crippen LogP contribution is -2.08. The summed E-state index contributed by atoms with van der Waals surface area (Å²) >= 11 is 0. The van der Waals surface area contributed by atoms with Gasteiger partial charge in [-0.15, -0.1) is 0 Å². The molecule has 3 aromatic rings. The normalized spacial score (nSPS) is 10.4. The zero-order valence-electron chi connectivity index (χ0n) is 13.1. The molecule has 126 valence electrons. The van der Waals surface area contributed by atoms with Crippen molar-refractivity contribution in [1.29, 1.82) is 0 Å². The van der Waals surface area contributed by atoms with E-state index in [1.807, 2.05) is 0 Å². The van der Waals surface area contributed by atoms with Crippen molar-refractivity contribution in [1.82, 2.24) is 9.78 Å². The fourth-order valence-corrected chi connectivity index (χ4v) is 2.39. The number of hydrogen-bond donors (Lipinski definition) is 1. The minimum Gasteiger partial charge on any atom is -0.497 e. The van der Waals surface area contributed by atoms with Gasteiger partial charge in [0.2, 0.25) is 0 Å². The van der Waals surface area contributed by atoms with E-state index in [2.05, 4.69) is 5.10 Å². The van der Waals surface area contributed by atoms with Crippen molar-refractivity contribution in [3.63, 3.8) is 0 Å². The summed E-state index contributed by atoms with van der Waals surface area (Å²) in [5.74, 6) is -0.576. The van der Waals surface area contributed by atoms with Crippen molar-refractivity contribution in [2.45, 2.75) is 0 Å². The number of carboxylic acid groups (broad SMARTS) is 1. The number of nitro groups is 1. The van der Waals surface area contributed by atoms with Crippen molar-refractivity contribution in [3.05, 3.63) is 70.4 Å². The van der Waals surface area contributed by atoms with Crippen LogP contribution in [-0.4, -0.2) is 32.9 Å². The molecule has 0 aliphatic heterocycles. The van der Waals surface area contributed by atoms with E-state index < -0.39 is 10.9 Å². The second-order valence-electron chi connectivity index (χ2n) is 5.14. The van der Waals surface area contributed by atoms with Crippen LogP contribution in [0.15, 0.2) is 54.6 Å². The molecule has 1 aromatic heterocycles. The minimum absolute atomic E-state index is 0.0988. The summed E-state index contributed by atoms with van der Waals surface area (Å²) in [4.78, 5) is 22.0. The number of non-ortho nitro benzene ring substituents is 1. The number of nitro benzene ring substituents is 1. The molecule has 8 nitrogen and oxygen atoms in total. The Bertz CT molecular complexity index is 964. The lowest BCUT2D eigenvalue weighted by Gasteiger charge is -2.04. The molecule has 25 heavy (non-hydrogen) atoms. The van der Waals surface area contributed by atoms with Crippen LogP contribution < -0.4 is 4.74 Å². The number of benzene rings is 2. The summed E-state index contributed by atoms with van der Waals surface area (Å²) in [6, 6.07) is 14.1. The molecule has 3 rings (SSSR count). The summed E-state index contributed by atoms with van der Waals surface area (Å²) in [6.45, 7) is 0. The number of rotatable bonds is 5. The van der Waals surface area contributed by atoms with Gasteiger partial charge in [0.25, 0.3) is 5.69 Å². The van der Waals surface area contributed by atoms with Gasteiger partial charge in [0.1, 0.15) is 5.75 Å². The van der Waals surface area contributed by atoms with E-state index >= 15 is 0 Å². The van der Waals surface area contributed by atoms with Gasteiger partial charge >= 0.3 is 5.97 Å². The standard InChI is InChI=1S/C17H13N3O5/c1-25-14-7-2-4-11(8-14)15-10-16(17(21)22)19(18-15)12-5-3-6-13(9-12)20(23)24/h2-10H,1H3,(H,21,22). The number of nitrogens with zero attached hydrogens (tertiary/aromatic N) is 3. The topological polar surface area (TPSA) is 107 Å². The Balaban J connectivity index is 2.14. The van der Waals surface area contributed by atoms with Gasteiger partial charge in [-0.25, -0.2) is 9.48 Å². The SMILES string of the molecule is COc1cccc(-c2cc(C(=O)O)n(-c3cccc([N+](=O)[O-])c3)n2)c1. The zero-order valence-corrected chi connectivity index (χ0v) is 13.1. The predicted octanol–water partition coefficient (Wildman–Crippen LogP) is 3.15. The van der Waals surface area contributed by atoms with E-state index in [1.165, 1.54) is 36.1 Å². The highest BCUT2D eigenvalue weighted by Crippen LogP contribution is 2.26. The van der Waals surface area contributed by atoms with Gasteiger partial charge in [-0.3, -0.25) is 10.1 Å². The van der Waals surface area contributed by atoms with Gasteiger partial charge in [0.15, 0.2) is 5.69 Å². The predicted molar refractivity (Wildman–Crippen MR) is 89.2 cm³/mol. The molecule has 0 unspecified atom stereocenters. The third-order valence-corrected chi connectivity index (χ3v) is 3.58. The van der Waals surface area contributed by atoms with E-state index in [4.69, 9.17) is 4.74 Å². The van der Waals surface area contributed by atoms with Crippen molar-refractivity contribution in [2.75, 3.05) is 7.11 Å². The van der Waals surface area contributed by atoms with Crippen molar-refractivity contribution >= 4 is 11.7 Å². The highest BCUT2D eigenvalue weighted by molar-refractivity contribution is 5.88. The average Bonchev–Trinajstić information content (AvgIpc) is 3.07. The number of hydrogen-bond acceptors (Lipinski definition) is 5. The number of aromatic carboxylic acids is 1. The van der Waals surface area contributed by atoms with Gasteiger partial charge < -0.3 is 9.84 Å². The molecule has 8 heteroatoms. The molecule has 0 amide bonds. The van der Waals surface area contributed by atoms with Gasteiger partial charge in [0, 0.05) is 17.7 Å². The van der Waals surface area contributed by atoms with Crippen molar-refractivity contribution < 1.29 is 19.6 Å². The molecule has 0 aliphatic carbocycles. The highest BCUT2D eigenvalue weighted by Gasteiger charge is 2.18. The Hall–Kier alpha value is -3.68. The van der Waals surface area contributed by atoms with Crippen LogP contribution in [0.4, 0.5) is 5.69 Å². The maximum Gasteiger partial charge on any atom is 0.354 e. The van der Waals surface area contributed by atoms with Gasteiger partial charge in [-0.1, -0.05) is 18.2 Å². The summed E-state index contributed by atoms with van der Waals surface area (Å²) < 4.78 is 6.33. The minimum atomic E-state index is -1.19. The first-order valence-corrected chi connectivity index (χ1v) is 7.22. The van der Waals surface area contributed by atoms with Crippen LogP contribution in [-0.2, 0) is 0 Å². The molecule has 1 N–H and O–H groups in total. The summed E-state index contributed by atoms with van der Waals surface area (Å²) in [5, 5.41) is 24.7. The quantitative estimate of drug-likeness (QED) is 0.565. The lowest BCUT2D eigenvalue weighted by atomic mass is 10.1. The molecular weight excluding hydrogens is 326 g/mol. The number of methoxy groups -OCH3 is 1. The fraction of sp³-hybridized carbons (Fsp3) is 0.0588. The number of aromatic nitrogens is 2. The Morgan fingerprint density at radius 1 is 1.20 bits per heavy atom. The van der Waals surface area contributed by atoms with Crippen LogP contribution in [0.5, 0.6) is 5.75 Å². The van der Waals surface area contributed by atoms with Crippen LogP contribution in [0, 0.1) is 10.1 Å². The molecule has 0 atom stereocenters. The van der Waals surface area contributed by atoms with Crippen molar-refractivity contribution in [3.8, 4) is 22.7 Å². The van der Waals surface area contributed by atoms with Crippen LogP contribution in [0.2, 0.25) is 0 Å². The van der Waals surface area contributed by atoms with Crippen LogP contribution >= 0.6 is 0 Å². The number of carbonyl (C=O) groups is 1. The summed E-state index contributed by atoms with van der Waals surface area (Å²) in [6.07, 6.45) is 0. The molecule has 0 aliphatic rings. The first-order chi connectivity index (χ1) is 12.0. The third kappa shape index (κ3) is 3.18. The first kappa shape index (κ1) is 16.2. The fourth-order valence-electron chi connectivity index (χ4n) is 2.39. The van der Waals surface area contributed by atoms with Crippen LogP contribution in [0.3, 0.4) is 0 Å². The Labute approximate surface area is 142 Å². The van der Waals surface area contributed by atoms with Gasteiger partial charge in [-0.05, 0) is 24.3 Å². The van der Waals surface area contributed by atoms with E-state index in [-0.39, 0.29) is 11.4 Å². The van der Waals surface area contributed by atoms with Gasteiger partial charge in [0.05, 0.1) is 23.4 Å². The Morgan fingerprint density at radius 3 is 2.64 bits per heavy atom. The Kier molecular flexibility index (Phi) is 4.17. The molecule has 1 heterocycles. The maximum absolute atomic E-state index is 11.6. The first-order valence-electron chi connectivity index (χ1n) is 7.22. The molecule has 0 saturated carbocycles. The maximum atomic E-state index is 11.6. The molecule has 0 radical (unpaired) electrons. The molecule has 0 saturated heterocycles. The molecule has 0 spiro atoms. The smallest absolute Gasteiger partial charge is 0.354 e. The van der Waals surface area contributed by atoms with E-state index in [0.717, 1.165) is 0 Å². The second-order valence-corrected chi connectivity index (χ2v) is 5.14. The summed E-state index contributed by atoms with van der Waals surface area (Å²) in [7, 11) is 1.53. The zero-order chi connectivity index (χ0) is 18.0. The molecular formula is C17H13N3O5. The lowest BCUT2D eigenvalue weighted by molar-refractivity contribution is -0.384. The van der Waals surface area contributed by atoms with E-state index in [1.54, 1.807) is 30.3 Å². The van der Waals surface area contributed by atoms with Crippen LogP contribution in [0.25, 0.3) is 16.9 Å². The molecule has 0 bridgehead atoms. The third-order valence-electron chi connectivity index (χ3n) is 3.58. The van der Waals surface area contributed by atoms with Gasteiger partial charge in [-0.2, -0.15) is 5.10 Å². The Morgan fingerprint density at radius 2 is 1.96 bits per heavy atom. The number of ether oxygens (including phenoxy) is 1. The monoisotopic (exact) mass is 339 g/mol. The number of carboxylic acids is 1. The van der Waals surface area contributed by atoms with Crippen LogP contribution in [0.1, 0.15) is 10.5 Å². The average molecular weight is 339 g/mol. The largest absolute Gasteiger partial charge is 0.497 e. The highest BCUT2D eigenvalue weighted by atomic mass is 16.6. The van der Waals surface area contributed by atoms with E-state index in [9.17, 15) is 20.0 Å². The second kappa shape index (κ2) is 6.44. The van der Waals surface area contributed by atoms with E-state index in [0.29, 0.717) is 22.7 Å². The molecule has 0 fully saturated rings. The summed E-state index contributed by atoms with van der Waals surface area (Å²) in [5.41, 5.74) is 1.14. The molecule has 2 aromatic carbocycles. The van der Waals surface area contributed by atoms with Crippen molar-refractivity contribution in [2.24, 2.45) is 0 Å².